The second-order valence-corrected chi connectivity index (χ2v) is 12.2. The van der Waals surface area contributed by atoms with E-state index in [0.717, 1.165) is 36.8 Å². The number of ether oxygens (including phenoxy) is 1. The molecule has 0 atom stereocenters. The number of hydrogen-bond acceptors (Lipinski definition) is 4. The fourth-order valence-corrected chi connectivity index (χ4v) is 7.14. The lowest BCUT2D eigenvalue weighted by Gasteiger charge is -2.38. The second kappa shape index (κ2) is 13.4. The molecule has 0 bridgehead atoms. The smallest absolute Gasteiger partial charge is 0.378 e. The summed E-state index contributed by atoms with van der Waals surface area (Å²) in [6.07, 6.45) is 18.4. The Balaban J connectivity index is 1.57. The SMILES string of the molecule is CCCCCC1CCC(C2CCC(OCCC[Si](OC)(OC)OC)CC2)CC1. The molecule has 0 aromatic rings. The summed E-state index contributed by atoms with van der Waals surface area (Å²) in [6.45, 7) is 3.10. The van der Waals surface area contributed by atoms with E-state index in [4.69, 9.17) is 18.0 Å². The van der Waals surface area contributed by atoms with Gasteiger partial charge in [-0.25, -0.2) is 0 Å². The highest BCUT2D eigenvalue weighted by Crippen LogP contribution is 2.41. The van der Waals surface area contributed by atoms with E-state index in [9.17, 15) is 0 Å². The van der Waals surface area contributed by atoms with Crippen LogP contribution in [0.3, 0.4) is 0 Å². The summed E-state index contributed by atoms with van der Waals surface area (Å²) in [5.41, 5.74) is 0. The Labute approximate surface area is 175 Å². The van der Waals surface area contributed by atoms with Crippen LogP contribution in [0, 0.1) is 17.8 Å². The van der Waals surface area contributed by atoms with E-state index in [1.165, 1.54) is 77.0 Å². The van der Waals surface area contributed by atoms with Gasteiger partial charge in [-0.1, -0.05) is 45.4 Å². The van der Waals surface area contributed by atoms with Crippen LogP contribution in [0.25, 0.3) is 0 Å². The van der Waals surface area contributed by atoms with E-state index in [-0.39, 0.29) is 0 Å². The zero-order chi connectivity index (χ0) is 20.2. The molecule has 2 aliphatic carbocycles. The highest BCUT2D eigenvalue weighted by Gasteiger charge is 2.37. The van der Waals surface area contributed by atoms with Gasteiger partial charge in [0, 0.05) is 34.0 Å². The fourth-order valence-electron chi connectivity index (χ4n) is 5.45. The molecule has 0 spiro atoms. The van der Waals surface area contributed by atoms with Crippen LogP contribution in [0.4, 0.5) is 0 Å². The van der Waals surface area contributed by atoms with Gasteiger partial charge < -0.3 is 18.0 Å². The van der Waals surface area contributed by atoms with Crippen molar-refractivity contribution in [1.82, 2.24) is 0 Å². The van der Waals surface area contributed by atoms with Crippen LogP contribution in [0.5, 0.6) is 0 Å². The minimum Gasteiger partial charge on any atom is -0.378 e. The summed E-state index contributed by atoms with van der Waals surface area (Å²) in [4.78, 5) is 0. The Morgan fingerprint density at radius 3 is 1.82 bits per heavy atom. The summed E-state index contributed by atoms with van der Waals surface area (Å²) < 4.78 is 22.6. The average molecular weight is 415 g/mol. The molecule has 0 unspecified atom stereocenters. The Bertz CT molecular complexity index is 378. The maximum absolute atomic E-state index is 6.18. The largest absolute Gasteiger partial charge is 0.500 e. The fraction of sp³-hybridized carbons (Fsp3) is 1.00. The van der Waals surface area contributed by atoms with Crippen molar-refractivity contribution in [3.8, 4) is 0 Å². The molecule has 166 valence electrons. The highest BCUT2D eigenvalue weighted by molar-refractivity contribution is 6.60. The predicted molar refractivity (Wildman–Crippen MR) is 117 cm³/mol. The maximum atomic E-state index is 6.18. The van der Waals surface area contributed by atoms with Gasteiger partial charge in [0.2, 0.25) is 0 Å². The lowest BCUT2D eigenvalue weighted by atomic mass is 9.70. The van der Waals surface area contributed by atoms with Crippen molar-refractivity contribution in [3.63, 3.8) is 0 Å². The van der Waals surface area contributed by atoms with E-state index in [0.29, 0.717) is 6.10 Å². The first-order valence-electron chi connectivity index (χ1n) is 11.9. The van der Waals surface area contributed by atoms with Crippen molar-refractivity contribution in [2.24, 2.45) is 17.8 Å². The first-order chi connectivity index (χ1) is 13.7. The van der Waals surface area contributed by atoms with Gasteiger partial charge in [-0.15, -0.1) is 0 Å². The minimum atomic E-state index is -2.43. The lowest BCUT2D eigenvalue weighted by Crippen LogP contribution is -2.42. The third kappa shape index (κ3) is 7.71. The molecule has 2 saturated carbocycles. The quantitative estimate of drug-likeness (QED) is 0.265. The van der Waals surface area contributed by atoms with Crippen LogP contribution in [0.15, 0.2) is 0 Å². The summed E-state index contributed by atoms with van der Waals surface area (Å²) in [7, 11) is 2.61. The molecule has 5 heteroatoms. The van der Waals surface area contributed by atoms with Gasteiger partial charge in [-0.2, -0.15) is 0 Å². The molecule has 0 heterocycles. The first-order valence-corrected chi connectivity index (χ1v) is 13.9. The number of rotatable bonds is 13. The molecular weight excluding hydrogens is 368 g/mol. The molecule has 4 nitrogen and oxygen atoms in total. The molecule has 0 aromatic carbocycles. The van der Waals surface area contributed by atoms with Crippen LogP contribution in [0.2, 0.25) is 6.04 Å². The van der Waals surface area contributed by atoms with Gasteiger partial charge in [0.1, 0.15) is 0 Å². The van der Waals surface area contributed by atoms with Crippen LogP contribution in [-0.4, -0.2) is 42.8 Å². The average Bonchev–Trinajstić information content (AvgIpc) is 2.76. The third-order valence-electron chi connectivity index (χ3n) is 7.41. The zero-order valence-electron chi connectivity index (χ0n) is 19.0. The second-order valence-electron chi connectivity index (χ2n) is 9.08. The van der Waals surface area contributed by atoms with Gasteiger partial charge in [0.05, 0.1) is 6.10 Å². The Morgan fingerprint density at radius 2 is 1.29 bits per heavy atom. The molecule has 0 aliphatic heterocycles. The molecule has 2 rings (SSSR count). The van der Waals surface area contributed by atoms with Crippen molar-refractivity contribution < 1.29 is 18.0 Å². The summed E-state index contributed by atoms with van der Waals surface area (Å²) in [5, 5.41) is 0. The highest BCUT2D eigenvalue weighted by atomic mass is 28.4. The Hall–Kier alpha value is 0.0569. The van der Waals surface area contributed by atoms with Crippen LogP contribution in [0.1, 0.15) is 90.4 Å². The van der Waals surface area contributed by atoms with Crippen molar-refractivity contribution >= 4 is 8.80 Å². The molecule has 0 radical (unpaired) electrons. The van der Waals surface area contributed by atoms with Crippen molar-refractivity contribution in [2.45, 2.75) is 103 Å². The zero-order valence-corrected chi connectivity index (χ0v) is 20.0. The number of unbranched alkanes of at least 4 members (excludes halogenated alkanes) is 2. The monoisotopic (exact) mass is 414 g/mol. The van der Waals surface area contributed by atoms with Gasteiger partial charge in [-0.05, 0) is 62.7 Å². The minimum absolute atomic E-state index is 0.463. The predicted octanol–water partition coefficient (Wildman–Crippen LogP) is 6.22. The topological polar surface area (TPSA) is 36.9 Å². The molecule has 2 fully saturated rings. The van der Waals surface area contributed by atoms with E-state index in [1.54, 1.807) is 21.3 Å². The van der Waals surface area contributed by atoms with Crippen molar-refractivity contribution in [2.75, 3.05) is 27.9 Å². The van der Waals surface area contributed by atoms with E-state index in [1.807, 2.05) is 0 Å². The summed E-state index contributed by atoms with van der Waals surface area (Å²) in [6, 6.07) is 0.827. The molecular formula is C23H46O4Si. The van der Waals surface area contributed by atoms with Gasteiger partial charge in [0.25, 0.3) is 0 Å². The molecule has 28 heavy (non-hydrogen) atoms. The van der Waals surface area contributed by atoms with Gasteiger partial charge in [0.15, 0.2) is 0 Å². The third-order valence-corrected chi connectivity index (χ3v) is 10.2. The lowest BCUT2D eigenvalue weighted by molar-refractivity contribution is 0.00547. The van der Waals surface area contributed by atoms with E-state index < -0.39 is 8.80 Å². The van der Waals surface area contributed by atoms with Crippen LogP contribution >= 0.6 is 0 Å². The summed E-state index contributed by atoms with van der Waals surface area (Å²) >= 11 is 0. The molecule has 0 aromatic heterocycles. The van der Waals surface area contributed by atoms with Crippen molar-refractivity contribution in [3.05, 3.63) is 0 Å². The molecule has 2 aliphatic rings. The maximum Gasteiger partial charge on any atom is 0.500 e. The normalized spacial score (nSPS) is 29.1. The van der Waals surface area contributed by atoms with Crippen molar-refractivity contribution in [1.29, 1.82) is 0 Å². The summed E-state index contributed by atoms with van der Waals surface area (Å²) in [5.74, 6) is 3.00. The first kappa shape index (κ1) is 24.3. The Morgan fingerprint density at radius 1 is 0.714 bits per heavy atom. The standard InChI is InChI=1S/C23H46O4Si/c1-5-6-7-9-20-10-12-21(13-11-20)22-14-16-23(17-15-22)27-18-8-19-28(24-2,25-3)26-4/h20-23H,5-19H2,1-4H3. The van der Waals surface area contributed by atoms with Gasteiger partial charge >= 0.3 is 8.80 Å². The van der Waals surface area contributed by atoms with E-state index in [2.05, 4.69) is 6.92 Å². The molecule has 0 N–H and O–H groups in total. The Kier molecular flexibility index (Phi) is 11.6. The number of hydrogen-bond donors (Lipinski definition) is 0. The van der Waals surface area contributed by atoms with Gasteiger partial charge in [-0.3, -0.25) is 0 Å². The van der Waals surface area contributed by atoms with E-state index >= 15 is 0 Å². The molecule has 0 amide bonds. The van der Waals surface area contributed by atoms with Crippen LogP contribution in [-0.2, 0) is 18.0 Å². The molecule has 0 saturated heterocycles. The van der Waals surface area contributed by atoms with Crippen LogP contribution < -0.4 is 0 Å².